The van der Waals surface area contributed by atoms with E-state index in [4.69, 9.17) is 9.47 Å². The number of carbonyl (C=O) groups is 2. The molecule has 2 aromatic heterocycles. The van der Waals surface area contributed by atoms with Crippen molar-refractivity contribution in [3.63, 3.8) is 0 Å². The molecule has 0 bridgehead atoms. The molecule has 0 radical (unpaired) electrons. The van der Waals surface area contributed by atoms with Crippen molar-refractivity contribution in [3.05, 3.63) is 51.2 Å². The van der Waals surface area contributed by atoms with Crippen molar-refractivity contribution in [1.29, 1.82) is 0 Å². The maximum absolute atomic E-state index is 12.8. The van der Waals surface area contributed by atoms with Crippen LogP contribution in [-0.2, 0) is 13.0 Å². The van der Waals surface area contributed by atoms with Crippen molar-refractivity contribution in [2.45, 2.75) is 13.0 Å². The summed E-state index contributed by atoms with van der Waals surface area (Å²) in [6, 6.07) is 6.78. The number of hydrogen-bond donors (Lipinski definition) is 2. The van der Waals surface area contributed by atoms with E-state index in [2.05, 4.69) is 15.6 Å². The van der Waals surface area contributed by atoms with Crippen LogP contribution < -0.4 is 20.1 Å². The van der Waals surface area contributed by atoms with Crippen LogP contribution >= 0.6 is 22.7 Å². The highest BCUT2D eigenvalue weighted by Gasteiger charge is 2.25. The van der Waals surface area contributed by atoms with E-state index in [1.165, 1.54) is 22.7 Å². The van der Waals surface area contributed by atoms with Gasteiger partial charge >= 0.3 is 6.03 Å². The van der Waals surface area contributed by atoms with Gasteiger partial charge < -0.3 is 19.7 Å². The van der Waals surface area contributed by atoms with Gasteiger partial charge in [0.15, 0.2) is 5.13 Å². The van der Waals surface area contributed by atoms with Crippen LogP contribution in [0.4, 0.5) is 15.6 Å². The molecule has 1 aromatic carbocycles. The van der Waals surface area contributed by atoms with E-state index in [1.54, 1.807) is 48.8 Å². The second-order valence-corrected chi connectivity index (χ2v) is 8.39. The molecule has 0 unspecified atom stereocenters. The van der Waals surface area contributed by atoms with Crippen LogP contribution in [0.15, 0.2) is 35.0 Å². The maximum atomic E-state index is 12.8. The fourth-order valence-corrected chi connectivity index (χ4v) is 4.74. The average Bonchev–Trinajstić information content (AvgIpc) is 3.43. The first-order valence-corrected chi connectivity index (χ1v) is 10.9. The van der Waals surface area contributed by atoms with Gasteiger partial charge in [0.25, 0.3) is 5.91 Å². The van der Waals surface area contributed by atoms with E-state index in [1.807, 2.05) is 5.38 Å². The molecule has 2 N–H and O–H groups in total. The molecule has 156 valence electrons. The quantitative estimate of drug-likeness (QED) is 0.619. The Balaban J connectivity index is 1.42. The largest absolute Gasteiger partial charge is 0.497 e. The SMILES string of the molecule is COc1ccc(NC(=O)N2CCc3nc(NC(=O)c4ccsc4)sc3C2)c(OC)c1. The van der Waals surface area contributed by atoms with Crippen molar-refractivity contribution >= 4 is 45.4 Å². The van der Waals surface area contributed by atoms with Crippen molar-refractivity contribution in [2.75, 3.05) is 31.4 Å². The highest BCUT2D eigenvalue weighted by Crippen LogP contribution is 2.31. The van der Waals surface area contributed by atoms with Gasteiger partial charge in [-0.1, -0.05) is 11.3 Å². The van der Waals surface area contributed by atoms with E-state index >= 15 is 0 Å². The third kappa shape index (κ3) is 4.24. The number of fused-ring (bicyclic) bond motifs is 1. The minimum absolute atomic E-state index is 0.177. The Labute approximate surface area is 181 Å². The summed E-state index contributed by atoms with van der Waals surface area (Å²) >= 11 is 2.87. The van der Waals surface area contributed by atoms with Crippen molar-refractivity contribution in [2.24, 2.45) is 0 Å². The number of nitrogens with one attached hydrogen (secondary N) is 2. The Hall–Kier alpha value is -3.11. The molecule has 1 aliphatic rings. The lowest BCUT2D eigenvalue weighted by Crippen LogP contribution is -2.38. The minimum atomic E-state index is -0.221. The summed E-state index contributed by atoms with van der Waals surface area (Å²) in [5.74, 6) is 0.995. The third-order valence-electron chi connectivity index (χ3n) is 4.67. The van der Waals surface area contributed by atoms with Crippen molar-refractivity contribution < 1.29 is 19.1 Å². The van der Waals surface area contributed by atoms with Gasteiger partial charge in [0.05, 0.1) is 37.7 Å². The molecular formula is C20H20N4O4S2. The van der Waals surface area contributed by atoms with Gasteiger partial charge in [-0.2, -0.15) is 11.3 Å². The summed E-state index contributed by atoms with van der Waals surface area (Å²) in [6.45, 7) is 0.977. The van der Waals surface area contributed by atoms with Gasteiger partial charge in [0.2, 0.25) is 0 Å². The van der Waals surface area contributed by atoms with Crippen LogP contribution in [-0.4, -0.2) is 42.6 Å². The van der Waals surface area contributed by atoms with Crippen LogP contribution in [0.1, 0.15) is 20.9 Å². The van der Waals surface area contributed by atoms with Gasteiger partial charge in [0.1, 0.15) is 11.5 Å². The van der Waals surface area contributed by atoms with Gasteiger partial charge in [-0.15, -0.1) is 0 Å². The number of benzene rings is 1. The Kier molecular flexibility index (Phi) is 5.86. The Morgan fingerprint density at radius 1 is 1.17 bits per heavy atom. The summed E-state index contributed by atoms with van der Waals surface area (Å²) < 4.78 is 10.5. The van der Waals surface area contributed by atoms with E-state index in [9.17, 15) is 9.59 Å². The van der Waals surface area contributed by atoms with Gasteiger partial charge in [-0.05, 0) is 23.6 Å². The van der Waals surface area contributed by atoms with Crippen LogP contribution in [0, 0.1) is 0 Å². The summed E-state index contributed by atoms with van der Waals surface area (Å²) in [5, 5.41) is 9.93. The van der Waals surface area contributed by atoms with Gasteiger partial charge in [0, 0.05) is 29.3 Å². The van der Waals surface area contributed by atoms with Crippen LogP contribution in [0.2, 0.25) is 0 Å². The Morgan fingerprint density at radius 2 is 2.03 bits per heavy atom. The number of anilines is 2. The number of thiazole rings is 1. The molecular weight excluding hydrogens is 424 g/mol. The van der Waals surface area contributed by atoms with Crippen LogP contribution in [0.25, 0.3) is 0 Å². The zero-order chi connectivity index (χ0) is 21.1. The predicted octanol–water partition coefficient (Wildman–Crippen LogP) is 4.06. The first kappa shape index (κ1) is 20.2. The van der Waals surface area contributed by atoms with Crippen molar-refractivity contribution in [1.82, 2.24) is 9.88 Å². The van der Waals surface area contributed by atoms with Gasteiger partial charge in [-0.3, -0.25) is 10.1 Å². The molecule has 10 heteroatoms. The molecule has 0 spiro atoms. The predicted molar refractivity (Wildman–Crippen MR) is 117 cm³/mol. The maximum Gasteiger partial charge on any atom is 0.322 e. The number of amides is 3. The minimum Gasteiger partial charge on any atom is -0.497 e. The monoisotopic (exact) mass is 444 g/mol. The number of carbonyl (C=O) groups excluding carboxylic acids is 2. The number of thiophene rings is 1. The number of hydrogen-bond acceptors (Lipinski definition) is 7. The molecule has 0 saturated heterocycles. The molecule has 8 nitrogen and oxygen atoms in total. The molecule has 0 aliphatic carbocycles. The number of aromatic nitrogens is 1. The molecule has 3 heterocycles. The number of rotatable bonds is 5. The molecule has 4 rings (SSSR count). The average molecular weight is 445 g/mol. The lowest BCUT2D eigenvalue weighted by atomic mass is 10.2. The smallest absolute Gasteiger partial charge is 0.322 e. The second-order valence-electron chi connectivity index (χ2n) is 6.52. The fraction of sp³-hybridized carbons (Fsp3) is 0.250. The standard InChI is InChI=1S/C20H20N4O4S2/c1-27-13-3-4-14(16(9-13)28-2)22-20(26)24-7-5-15-17(10-24)30-19(21-15)23-18(25)12-6-8-29-11-12/h3-4,6,8-9,11H,5,7,10H2,1-2H3,(H,22,26)(H,21,23,25). The normalized spacial score (nSPS) is 12.8. The van der Waals surface area contributed by atoms with Crippen LogP contribution in [0.3, 0.4) is 0 Å². The van der Waals surface area contributed by atoms with Crippen molar-refractivity contribution in [3.8, 4) is 11.5 Å². The number of urea groups is 1. The molecule has 3 aromatic rings. The summed E-state index contributed by atoms with van der Waals surface area (Å²) in [5.41, 5.74) is 2.11. The first-order chi connectivity index (χ1) is 14.6. The molecule has 3 amide bonds. The molecule has 0 atom stereocenters. The van der Waals surface area contributed by atoms with Crippen LogP contribution in [0.5, 0.6) is 11.5 Å². The zero-order valence-corrected chi connectivity index (χ0v) is 18.1. The topological polar surface area (TPSA) is 92.8 Å². The zero-order valence-electron chi connectivity index (χ0n) is 16.4. The lowest BCUT2D eigenvalue weighted by Gasteiger charge is -2.26. The number of methoxy groups -OCH3 is 2. The highest BCUT2D eigenvalue weighted by atomic mass is 32.1. The molecule has 1 aliphatic heterocycles. The molecule has 0 fully saturated rings. The Bertz CT molecular complexity index is 1060. The van der Waals surface area contributed by atoms with Gasteiger partial charge in [-0.25, -0.2) is 9.78 Å². The molecule has 30 heavy (non-hydrogen) atoms. The number of nitrogens with zero attached hydrogens (tertiary/aromatic N) is 2. The summed E-state index contributed by atoms with van der Waals surface area (Å²) in [6.07, 6.45) is 0.632. The molecule has 0 saturated carbocycles. The third-order valence-corrected chi connectivity index (χ3v) is 6.35. The lowest BCUT2D eigenvalue weighted by molar-refractivity contribution is 0.102. The highest BCUT2D eigenvalue weighted by molar-refractivity contribution is 7.16. The second kappa shape index (κ2) is 8.72. The van der Waals surface area contributed by atoms with E-state index < -0.39 is 0 Å². The summed E-state index contributed by atoms with van der Waals surface area (Å²) in [4.78, 5) is 32.2. The van der Waals surface area contributed by atoms with E-state index in [0.717, 1.165) is 10.6 Å². The fourth-order valence-electron chi connectivity index (χ4n) is 3.08. The van der Waals surface area contributed by atoms with E-state index in [-0.39, 0.29) is 11.9 Å². The number of ether oxygens (including phenoxy) is 2. The Morgan fingerprint density at radius 3 is 2.77 bits per heavy atom. The van der Waals surface area contributed by atoms with E-state index in [0.29, 0.717) is 47.4 Å². The summed E-state index contributed by atoms with van der Waals surface area (Å²) in [7, 11) is 3.12. The first-order valence-electron chi connectivity index (χ1n) is 9.17.